The topological polar surface area (TPSA) is 26.3 Å². The highest BCUT2D eigenvalue weighted by Crippen LogP contribution is 2.28. The highest BCUT2D eigenvalue weighted by Gasteiger charge is 2.42. The van der Waals surface area contributed by atoms with E-state index in [0.717, 1.165) is 12.1 Å². The van der Waals surface area contributed by atoms with Crippen LogP contribution in [0.15, 0.2) is 24.3 Å². The number of hydrogen-bond donors (Lipinski definition) is 0. The first-order valence-corrected chi connectivity index (χ1v) is 4.29. The van der Waals surface area contributed by atoms with Crippen molar-refractivity contribution >= 4 is 17.9 Å². The van der Waals surface area contributed by atoms with Crippen molar-refractivity contribution in [2.24, 2.45) is 0 Å². The van der Waals surface area contributed by atoms with Gasteiger partial charge in [-0.25, -0.2) is 4.39 Å². The molecule has 0 bridgehead atoms. The lowest BCUT2D eigenvalue weighted by molar-refractivity contribution is -0.199. The molecule has 0 N–H and O–H groups in total. The van der Waals surface area contributed by atoms with Gasteiger partial charge in [0.05, 0.1) is 0 Å². The molecule has 1 unspecified atom stereocenters. The molecule has 1 aromatic carbocycles. The Balaban J connectivity index is 2.77. The van der Waals surface area contributed by atoms with Crippen LogP contribution in [-0.2, 0) is 0 Å². The molecule has 1 rings (SSSR count). The second-order valence-corrected chi connectivity index (χ2v) is 3.03. The van der Waals surface area contributed by atoms with Gasteiger partial charge in [0.2, 0.25) is 0 Å². The summed E-state index contributed by atoms with van der Waals surface area (Å²) < 4.78 is 41.4. The van der Waals surface area contributed by atoms with Gasteiger partial charge in [0.15, 0.2) is 0 Å². The average molecular weight is 239 g/mol. The van der Waals surface area contributed by atoms with E-state index in [1.165, 1.54) is 12.1 Å². The van der Waals surface area contributed by atoms with Crippen molar-refractivity contribution < 1.29 is 22.7 Å². The molecule has 0 aliphatic heterocycles. The highest BCUT2D eigenvalue weighted by atomic mass is 35.5. The molecule has 1 atom stereocenters. The van der Waals surface area contributed by atoms with Crippen molar-refractivity contribution in [3.63, 3.8) is 0 Å². The summed E-state index contributed by atoms with van der Waals surface area (Å²) >= 11 is 4.58. The van der Waals surface area contributed by atoms with Crippen molar-refractivity contribution in [1.82, 2.24) is 0 Å². The fourth-order valence-electron chi connectivity index (χ4n) is 0.816. The first-order valence-electron chi connectivity index (χ1n) is 3.86. The lowest BCUT2D eigenvalue weighted by Gasteiger charge is -2.17. The molecule has 1 aromatic rings. The van der Waals surface area contributed by atoms with Crippen LogP contribution in [0.4, 0.5) is 13.2 Å². The molecule has 0 heterocycles. The van der Waals surface area contributed by atoms with Crippen molar-refractivity contribution in [1.29, 1.82) is 0 Å². The molecule has 0 spiro atoms. The summed E-state index contributed by atoms with van der Waals surface area (Å²) in [5, 5.41) is 0. The van der Waals surface area contributed by atoms with Crippen LogP contribution in [0.2, 0.25) is 0 Å². The number of rotatable bonds is 4. The fourth-order valence-corrected chi connectivity index (χ4v) is 0.861. The van der Waals surface area contributed by atoms with Crippen LogP contribution in [0.5, 0.6) is 5.75 Å². The van der Waals surface area contributed by atoms with Crippen molar-refractivity contribution in [2.75, 3.05) is 0 Å². The smallest absolute Gasteiger partial charge is 0.429 e. The number of alkyl halides is 4. The number of ether oxygens (including phenoxy) is 1. The van der Waals surface area contributed by atoms with Crippen molar-refractivity contribution in [3.05, 3.63) is 29.8 Å². The van der Waals surface area contributed by atoms with Crippen LogP contribution in [-0.4, -0.2) is 18.0 Å². The van der Waals surface area contributed by atoms with Gasteiger partial charge < -0.3 is 4.74 Å². The number of carbonyl (C=O) groups excluding carboxylic acids is 1. The zero-order chi connectivity index (χ0) is 11.5. The van der Waals surface area contributed by atoms with E-state index in [0.29, 0.717) is 11.8 Å². The monoisotopic (exact) mass is 238 g/mol. The third kappa shape index (κ3) is 3.13. The summed E-state index contributed by atoms with van der Waals surface area (Å²) in [7, 11) is 0. The molecule has 0 aromatic heterocycles. The Morgan fingerprint density at radius 1 is 1.33 bits per heavy atom. The molecule has 2 nitrogen and oxygen atoms in total. The van der Waals surface area contributed by atoms with Gasteiger partial charge in [0, 0.05) is 5.56 Å². The molecule has 82 valence electrons. The van der Waals surface area contributed by atoms with E-state index >= 15 is 0 Å². The summed E-state index contributed by atoms with van der Waals surface area (Å²) in [5.74, 6) is -0.270. The van der Waals surface area contributed by atoms with Crippen LogP contribution >= 0.6 is 11.6 Å². The van der Waals surface area contributed by atoms with Gasteiger partial charge in [-0.2, -0.15) is 8.78 Å². The average Bonchev–Trinajstić information content (AvgIpc) is 2.18. The lowest BCUT2D eigenvalue weighted by Crippen LogP contribution is -2.32. The van der Waals surface area contributed by atoms with E-state index in [9.17, 15) is 18.0 Å². The Hall–Kier alpha value is -1.23. The molecule has 0 saturated carbocycles. The molecular weight excluding hydrogens is 233 g/mol. The van der Waals surface area contributed by atoms with Crippen LogP contribution in [0.1, 0.15) is 10.4 Å². The maximum Gasteiger partial charge on any atom is 0.444 e. The number of aldehydes is 1. The summed E-state index contributed by atoms with van der Waals surface area (Å²) in [6, 6.07) is 4.77. The highest BCUT2D eigenvalue weighted by molar-refractivity contribution is 6.20. The van der Waals surface area contributed by atoms with E-state index in [1.807, 2.05) is 0 Å². The first-order chi connectivity index (χ1) is 6.95. The summed E-state index contributed by atoms with van der Waals surface area (Å²) in [6.45, 7) is 0. The fraction of sp³-hybridized carbons (Fsp3) is 0.222. The van der Waals surface area contributed by atoms with Crippen LogP contribution in [0, 0.1) is 0 Å². The van der Waals surface area contributed by atoms with E-state index in [1.54, 1.807) is 0 Å². The van der Waals surface area contributed by atoms with Crippen molar-refractivity contribution in [3.8, 4) is 5.75 Å². The Morgan fingerprint density at radius 3 is 2.27 bits per heavy atom. The van der Waals surface area contributed by atoms with Gasteiger partial charge in [-0.3, -0.25) is 4.79 Å². The molecule has 15 heavy (non-hydrogen) atoms. The second-order valence-electron chi connectivity index (χ2n) is 2.65. The Kier molecular flexibility index (Phi) is 3.57. The summed E-state index contributed by atoms with van der Waals surface area (Å²) in [5.41, 5.74) is -2.63. The minimum Gasteiger partial charge on any atom is -0.429 e. The maximum absolute atomic E-state index is 12.6. The Bertz CT molecular complexity index is 338. The predicted octanol–water partition coefficient (Wildman–Crippen LogP) is 3.01. The van der Waals surface area contributed by atoms with E-state index in [-0.39, 0.29) is 5.75 Å². The van der Waals surface area contributed by atoms with E-state index < -0.39 is 11.7 Å². The third-order valence-electron chi connectivity index (χ3n) is 1.52. The zero-order valence-electron chi connectivity index (χ0n) is 7.29. The molecule has 0 saturated heterocycles. The Morgan fingerprint density at radius 2 is 1.87 bits per heavy atom. The van der Waals surface area contributed by atoms with Gasteiger partial charge in [-0.05, 0) is 24.3 Å². The number of hydrogen-bond acceptors (Lipinski definition) is 2. The standard InChI is InChI=1S/C9H6ClF3O2/c10-8(11)9(12,13)15-7-3-1-6(5-14)2-4-7/h1-5,8H. The normalized spacial score (nSPS) is 13.3. The zero-order valence-corrected chi connectivity index (χ0v) is 8.05. The molecule has 0 aliphatic carbocycles. The molecule has 0 fully saturated rings. The van der Waals surface area contributed by atoms with Gasteiger partial charge >= 0.3 is 6.11 Å². The number of halogens is 4. The van der Waals surface area contributed by atoms with E-state index in [2.05, 4.69) is 16.3 Å². The van der Waals surface area contributed by atoms with Crippen LogP contribution < -0.4 is 4.74 Å². The minimum absolute atomic E-state index is 0.270. The second kappa shape index (κ2) is 4.53. The molecular formula is C9H6ClF3O2. The maximum atomic E-state index is 12.6. The molecule has 0 radical (unpaired) electrons. The van der Waals surface area contributed by atoms with Crippen LogP contribution in [0.3, 0.4) is 0 Å². The minimum atomic E-state index is -4.09. The van der Waals surface area contributed by atoms with Gasteiger partial charge in [-0.15, -0.1) is 0 Å². The molecule has 6 heteroatoms. The number of carbonyl (C=O) groups is 1. The summed E-state index contributed by atoms with van der Waals surface area (Å²) in [6.07, 6.45) is -3.55. The van der Waals surface area contributed by atoms with E-state index in [4.69, 9.17) is 0 Å². The quantitative estimate of drug-likeness (QED) is 0.595. The molecule has 0 amide bonds. The molecule has 0 aliphatic rings. The summed E-state index contributed by atoms with van der Waals surface area (Å²) in [4.78, 5) is 10.2. The van der Waals surface area contributed by atoms with Gasteiger partial charge in [-0.1, -0.05) is 11.6 Å². The van der Waals surface area contributed by atoms with Crippen LogP contribution in [0.25, 0.3) is 0 Å². The number of benzene rings is 1. The lowest BCUT2D eigenvalue weighted by atomic mass is 10.2. The van der Waals surface area contributed by atoms with Gasteiger partial charge in [0.1, 0.15) is 12.0 Å². The largest absolute Gasteiger partial charge is 0.444 e. The van der Waals surface area contributed by atoms with Crippen molar-refractivity contribution in [2.45, 2.75) is 11.7 Å². The predicted molar refractivity (Wildman–Crippen MR) is 48.2 cm³/mol. The Labute approximate surface area is 88.6 Å². The SMILES string of the molecule is O=Cc1ccc(OC(F)(F)C(F)Cl)cc1. The first kappa shape index (κ1) is 11.8. The van der Waals surface area contributed by atoms with Gasteiger partial charge in [0.25, 0.3) is 5.63 Å². The third-order valence-corrected chi connectivity index (χ3v) is 1.78.